The van der Waals surface area contributed by atoms with Crippen LogP contribution in [-0.2, 0) is 24.1 Å². The Labute approximate surface area is 215 Å². The monoisotopic (exact) mass is 525 g/mol. The SMILES string of the molecule is Cc1cccc2c1nnn2-c1ccnc(N[C@H]2CC[C@H](C(=O)N3CCn4cc(C(F)(F)F)nc4C3)CC2)n1. The van der Waals surface area contributed by atoms with Crippen LogP contribution in [0, 0.1) is 12.8 Å². The van der Waals surface area contributed by atoms with Crippen molar-refractivity contribution in [2.75, 3.05) is 11.9 Å². The number of nitrogens with one attached hydrogen (secondary N) is 1. The minimum atomic E-state index is -4.49. The van der Waals surface area contributed by atoms with Crippen molar-refractivity contribution in [2.45, 2.75) is 57.9 Å². The average molecular weight is 526 g/mol. The van der Waals surface area contributed by atoms with Gasteiger partial charge in [-0.2, -0.15) is 22.8 Å². The van der Waals surface area contributed by atoms with Gasteiger partial charge in [0.15, 0.2) is 11.5 Å². The van der Waals surface area contributed by atoms with Crippen LogP contribution in [0.25, 0.3) is 16.9 Å². The highest BCUT2D eigenvalue weighted by Gasteiger charge is 2.37. The van der Waals surface area contributed by atoms with E-state index in [0.29, 0.717) is 37.7 Å². The largest absolute Gasteiger partial charge is 0.434 e. The van der Waals surface area contributed by atoms with Crippen molar-refractivity contribution in [3.05, 3.63) is 53.7 Å². The lowest BCUT2D eigenvalue weighted by Gasteiger charge is -2.34. The van der Waals surface area contributed by atoms with Crippen LogP contribution in [0.3, 0.4) is 0 Å². The number of amides is 1. The van der Waals surface area contributed by atoms with E-state index < -0.39 is 11.9 Å². The molecular formula is C25H26F3N9O. The maximum Gasteiger partial charge on any atom is 0.434 e. The van der Waals surface area contributed by atoms with Crippen LogP contribution >= 0.6 is 0 Å². The number of anilines is 1. The van der Waals surface area contributed by atoms with Crippen LogP contribution in [0.4, 0.5) is 19.1 Å². The topological polar surface area (TPSA) is 107 Å². The number of fused-ring (bicyclic) bond motifs is 2. The molecule has 1 amide bonds. The van der Waals surface area contributed by atoms with Gasteiger partial charge in [-0.1, -0.05) is 17.3 Å². The van der Waals surface area contributed by atoms with Crippen molar-refractivity contribution in [3.8, 4) is 5.82 Å². The number of alkyl halides is 3. The highest BCUT2D eigenvalue weighted by molar-refractivity contribution is 5.79. The van der Waals surface area contributed by atoms with Crippen LogP contribution < -0.4 is 5.32 Å². The Morgan fingerprint density at radius 1 is 1.08 bits per heavy atom. The van der Waals surface area contributed by atoms with E-state index >= 15 is 0 Å². The summed E-state index contributed by atoms with van der Waals surface area (Å²) in [6.07, 6.45) is 1.09. The minimum absolute atomic E-state index is 0.0159. The highest BCUT2D eigenvalue weighted by atomic mass is 19.4. The first-order valence-electron chi connectivity index (χ1n) is 12.6. The molecule has 38 heavy (non-hydrogen) atoms. The van der Waals surface area contributed by atoms with Crippen LogP contribution in [0.1, 0.15) is 42.8 Å². The second-order valence-corrected chi connectivity index (χ2v) is 9.87. The number of carbonyl (C=O) groups excluding carboxylic acids is 1. The summed E-state index contributed by atoms with van der Waals surface area (Å²) in [4.78, 5) is 27.5. The van der Waals surface area contributed by atoms with Gasteiger partial charge in [0, 0.05) is 43.5 Å². The number of rotatable bonds is 4. The smallest absolute Gasteiger partial charge is 0.351 e. The van der Waals surface area contributed by atoms with E-state index in [1.165, 1.54) is 4.57 Å². The first kappa shape index (κ1) is 24.3. The molecule has 1 fully saturated rings. The second kappa shape index (κ2) is 9.37. The Morgan fingerprint density at radius 3 is 2.68 bits per heavy atom. The van der Waals surface area contributed by atoms with Crippen molar-refractivity contribution in [1.29, 1.82) is 0 Å². The molecule has 10 nitrogen and oxygen atoms in total. The molecule has 1 aliphatic carbocycles. The normalized spacial score (nSPS) is 19.9. The first-order valence-corrected chi connectivity index (χ1v) is 12.6. The first-order chi connectivity index (χ1) is 18.3. The summed E-state index contributed by atoms with van der Waals surface area (Å²) in [6.45, 7) is 2.79. The van der Waals surface area contributed by atoms with Crippen molar-refractivity contribution in [1.82, 2.24) is 39.4 Å². The lowest BCUT2D eigenvalue weighted by Crippen LogP contribution is -2.43. The van der Waals surface area contributed by atoms with E-state index in [1.807, 2.05) is 25.1 Å². The number of aryl methyl sites for hydroxylation is 1. The van der Waals surface area contributed by atoms with Crippen molar-refractivity contribution < 1.29 is 18.0 Å². The van der Waals surface area contributed by atoms with Crippen molar-refractivity contribution in [3.63, 3.8) is 0 Å². The fourth-order valence-corrected chi connectivity index (χ4v) is 5.29. The fraction of sp³-hybridized carbons (Fsp3) is 0.440. The molecular weight excluding hydrogens is 499 g/mol. The lowest BCUT2D eigenvalue weighted by molar-refractivity contribution is -0.141. The molecule has 2 aliphatic rings. The van der Waals surface area contributed by atoms with Crippen LogP contribution in [0.2, 0.25) is 0 Å². The molecule has 1 saturated carbocycles. The molecule has 4 heterocycles. The number of hydrogen-bond donors (Lipinski definition) is 1. The standard InChI is InChI=1S/C25H26F3N9O/c1-15-3-2-4-18-22(15)33-34-37(18)20-9-10-29-24(32-20)30-17-7-5-16(6-8-17)23(38)36-12-11-35-13-19(25(26,27)28)31-21(35)14-36/h2-4,9-10,13,16-17H,5-8,11-12,14H2,1H3,(H,29,30,32)/t16-,17-. The molecule has 4 aromatic rings. The van der Waals surface area contributed by atoms with E-state index in [0.717, 1.165) is 35.6 Å². The predicted molar refractivity (Wildman–Crippen MR) is 131 cm³/mol. The van der Waals surface area contributed by atoms with Crippen LogP contribution in [-0.4, -0.2) is 57.9 Å². The van der Waals surface area contributed by atoms with Crippen molar-refractivity contribution in [2.24, 2.45) is 5.92 Å². The number of nitrogens with zero attached hydrogens (tertiary/aromatic N) is 8. The molecule has 0 spiro atoms. The van der Waals surface area contributed by atoms with Gasteiger partial charge in [0.25, 0.3) is 0 Å². The fourth-order valence-electron chi connectivity index (χ4n) is 5.29. The molecule has 1 N–H and O–H groups in total. The van der Waals surface area contributed by atoms with Gasteiger partial charge >= 0.3 is 6.18 Å². The van der Waals surface area contributed by atoms with Gasteiger partial charge in [0.1, 0.15) is 11.3 Å². The van der Waals surface area contributed by atoms with Crippen molar-refractivity contribution >= 4 is 22.9 Å². The molecule has 0 bridgehead atoms. The predicted octanol–water partition coefficient (Wildman–Crippen LogP) is 3.75. The number of benzene rings is 1. The maximum absolute atomic E-state index is 13.1. The van der Waals surface area contributed by atoms with Gasteiger partial charge in [0.05, 0.1) is 12.1 Å². The molecule has 0 radical (unpaired) electrons. The molecule has 0 atom stereocenters. The zero-order valence-electron chi connectivity index (χ0n) is 20.7. The molecule has 0 unspecified atom stereocenters. The Morgan fingerprint density at radius 2 is 1.89 bits per heavy atom. The molecule has 0 saturated heterocycles. The molecule has 3 aromatic heterocycles. The van der Waals surface area contributed by atoms with Gasteiger partial charge in [-0.3, -0.25) is 4.79 Å². The van der Waals surface area contributed by atoms with Gasteiger partial charge in [0.2, 0.25) is 11.9 Å². The molecule has 1 aromatic carbocycles. The van der Waals surface area contributed by atoms with Crippen LogP contribution in [0.15, 0.2) is 36.7 Å². The third-order valence-corrected chi connectivity index (χ3v) is 7.35. The Kier molecular flexibility index (Phi) is 6.00. The van der Waals surface area contributed by atoms with Gasteiger partial charge in [-0.25, -0.2) is 9.97 Å². The Bertz CT molecular complexity index is 1490. The number of halogens is 3. The molecule has 6 rings (SSSR count). The second-order valence-electron chi connectivity index (χ2n) is 9.87. The summed E-state index contributed by atoms with van der Waals surface area (Å²) in [5.41, 5.74) is 1.81. The van der Waals surface area contributed by atoms with Gasteiger partial charge in [-0.05, 0) is 44.2 Å². The van der Waals surface area contributed by atoms with E-state index in [4.69, 9.17) is 0 Å². The zero-order valence-corrected chi connectivity index (χ0v) is 20.7. The maximum atomic E-state index is 13.1. The summed E-state index contributed by atoms with van der Waals surface area (Å²) in [7, 11) is 0. The lowest BCUT2D eigenvalue weighted by atomic mass is 9.85. The summed E-state index contributed by atoms with van der Waals surface area (Å²) in [6, 6.07) is 7.77. The Balaban J connectivity index is 1.07. The summed E-state index contributed by atoms with van der Waals surface area (Å²) >= 11 is 0. The highest BCUT2D eigenvalue weighted by Crippen LogP contribution is 2.31. The quantitative estimate of drug-likeness (QED) is 0.433. The van der Waals surface area contributed by atoms with Crippen LogP contribution in [0.5, 0.6) is 0 Å². The zero-order chi connectivity index (χ0) is 26.4. The summed E-state index contributed by atoms with van der Waals surface area (Å²) in [5.74, 6) is 1.19. The Hall–Kier alpha value is -4.03. The summed E-state index contributed by atoms with van der Waals surface area (Å²) in [5, 5.41) is 11.9. The third kappa shape index (κ3) is 4.56. The summed E-state index contributed by atoms with van der Waals surface area (Å²) < 4.78 is 42.2. The van der Waals surface area contributed by atoms with Gasteiger partial charge in [-0.15, -0.1) is 5.10 Å². The van der Waals surface area contributed by atoms with E-state index in [-0.39, 0.29) is 30.2 Å². The number of hydrogen-bond acceptors (Lipinski definition) is 7. The van der Waals surface area contributed by atoms with E-state index in [9.17, 15) is 18.0 Å². The molecule has 198 valence electrons. The number of imidazole rings is 1. The third-order valence-electron chi connectivity index (χ3n) is 7.35. The number of aromatic nitrogens is 7. The van der Waals surface area contributed by atoms with Gasteiger partial charge < -0.3 is 14.8 Å². The number of carbonyl (C=O) groups is 1. The molecule has 1 aliphatic heterocycles. The average Bonchev–Trinajstić information content (AvgIpc) is 3.54. The van der Waals surface area contributed by atoms with E-state index in [2.05, 4.69) is 30.6 Å². The minimum Gasteiger partial charge on any atom is -0.351 e. The molecule has 13 heteroatoms. The van der Waals surface area contributed by atoms with E-state index in [1.54, 1.807) is 21.8 Å².